The average molecular weight is 257 g/mol. The molecule has 6 heteroatoms. The smallest absolute Gasteiger partial charge is 0.257 e. The van der Waals surface area contributed by atoms with Crippen molar-refractivity contribution in [2.24, 2.45) is 0 Å². The largest absolute Gasteiger partial charge is 0.469 e. The van der Waals surface area contributed by atoms with Crippen molar-refractivity contribution in [2.75, 3.05) is 18.6 Å². The molecule has 0 bridgehead atoms. The van der Waals surface area contributed by atoms with E-state index in [2.05, 4.69) is 0 Å². The number of rotatable bonds is 2. The average Bonchev–Trinajstić information content (AvgIpc) is 2.82. The van der Waals surface area contributed by atoms with Crippen molar-refractivity contribution in [3.05, 3.63) is 23.7 Å². The molecule has 1 aromatic rings. The molecule has 2 heterocycles. The summed E-state index contributed by atoms with van der Waals surface area (Å²) in [6.07, 6.45) is 1.98. The first-order chi connectivity index (χ1) is 7.91. The van der Waals surface area contributed by atoms with Crippen LogP contribution in [0.5, 0.6) is 0 Å². The molecule has 2 rings (SSSR count). The number of carbonyl (C=O) groups excluding carboxylic acids is 1. The Morgan fingerprint density at radius 3 is 2.71 bits per heavy atom. The van der Waals surface area contributed by atoms with E-state index in [4.69, 9.17) is 4.42 Å². The highest BCUT2D eigenvalue weighted by atomic mass is 32.2. The molecule has 1 aliphatic heterocycles. The molecule has 1 saturated heterocycles. The van der Waals surface area contributed by atoms with Gasteiger partial charge in [0.2, 0.25) is 0 Å². The van der Waals surface area contributed by atoms with E-state index < -0.39 is 9.84 Å². The maximum absolute atomic E-state index is 12.1. The van der Waals surface area contributed by atoms with Gasteiger partial charge in [-0.1, -0.05) is 0 Å². The SMILES string of the molecule is Cc1occc1C(=O)N(C)C1CCS(=O)(=O)C1. The molecule has 0 saturated carbocycles. The lowest BCUT2D eigenvalue weighted by molar-refractivity contribution is 0.0746. The Bertz CT molecular complexity index is 531. The minimum atomic E-state index is -2.97. The Balaban J connectivity index is 2.14. The molecule has 0 spiro atoms. The van der Waals surface area contributed by atoms with Crippen LogP contribution < -0.4 is 0 Å². The molecule has 17 heavy (non-hydrogen) atoms. The molecule has 1 atom stereocenters. The molecule has 94 valence electrons. The summed E-state index contributed by atoms with van der Waals surface area (Å²) in [5.41, 5.74) is 0.497. The third-order valence-corrected chi connectivity index (χ3v) is 4.92. The lowest BCUT2D eigenvalue weighted by Crippen LogP contribution is -2.37. The lowest BCUT2D eigenvalue weighted by atomic mass is 10.2. The topological polar surface area (TPSA) is 67.6 Å². The summed E-state index contributed by atoms with van der Waals surface area (Å²) in [5.74, 6) is 0.604. The van der Waals surface area contributed by atoms with Crippen molar-refractivity contribution < 1.29 is 17.6 Å². The van der Waals surface area contributed by atoms with Crippen molar-refractivity contribution >= 4 is 15.7 Å². The van der Waals surface area contributed by atoms with Crippen LogP contribution >= 0.6 is 0 Å². The molecule has 0 radical (unpaired) electrons. The summed E-state index contributed by atoms with van der Waals surface area (Å²) in [7, 11) is -1.33. The van der Waals surface area contributed by atoms with Gasteiger partial charge < -0.3 is 9.32 Å². The summed E-state index contributed by atoms with van der Waals surface area (Å²) in [6.45, 7) is 1.71. The van der Waals surface area contributed by atoms with E-state index in [1.165, 1.54) is 11.2 Å². The van der Waals surface area contributed by atoms with E-state index >= 15 is 0 Å². The van der Waals surface area contributed by atoms with Crippen molar-refractivity contribution in [1.82, 2.24) is 4.90 Å². The van der Waals surface area contributed by atoms with Gasteiger partial charge in [0.1, 0.15) is 5.76 Å². The highest BCUT2D eigenvalue weighted by molar-refractivity contribution is 7.91. The molecule has 0 N–H and O–H groups in total. The van der Waals surface area contributed by atoms with Crippen LogP contribution in [0, 0.1) is 6.92 Å². The van der Waals surface area contributed by atoms with Gasteiger partial charge in [-0.2, -0.15) is 0 Å². The molecular weight excluding hydrogens is 242 g/mol. The quantitative estimate of drug-likeness (QED) is 0.787. The minimum absolute atomic E-state index is 0.0616. The van der Waals surface area contributed by atoms with Crippen molar-refractivity contribution in [3.8, 4) is 0 Å². The number of hydrogen-bond donors (Lipinski definition) is 0. The normalized spacial score (nSPS) is 22.6. The fourth-order valence-electron chi connectivity index (χ4n) is 2.04. The Hall–Kier alpha value is -1.30. The highest BCUT2D eigenvalue weighted by Crippen LogP contribution is 2.20. The molecular formula is C11H15NO4S. The third kappa shape index (κ3) is 2.36. The van der Waals surface area contributed by atoms with Gasteiger partial charge in [-0.25, -0.2) is 8.42 Å². The van der Waals surface area contributed by atoms with Gasteiger partial charge in [0.05, 0.1) is 23.3 Å². The monoisotopic (exact) mass is 257 g/mol. The van der Waals surface area contributed by atoms with E-state index in [1.807, 2.05) is 0 Å². The van der Waals surface area contributed by atoms with Crippen molar-refractivity contribution in [1.29, 1.82) is 0 Å². The Morgan fingerprint density at radius 1 is 1.53 bits per heavy atom. The summed E-state index contributed by atoms with van der Waals surface area (Å²) in [6, 6.07) is 1.39. The number of amides is 1. The van der Waals surface area contributed by atoms with Gasteiger partial charge >= 0.3 is 0 Å². The van der Waals surface area contributed by atoms with Gasteiger partial charge in [0.15, 0.2) is 9.84 Å². The second-order valence-electron chi connectivity index (χ2n) is 4.36. The van der Waals surface area contributed by atoms with Gasteiger partial charge in [0.25, 0.3) is 5.91 Å². The number of aryl methyl sites for hydroxylation is 1. The fraction of sp³-hybridized carbons (Fsp3) is 0.545. The number of hydrogen-bond acceptors (Lipinski definition) is 4. The van der Waals surface area contributed by atoms with Crippen LogP contribution in [0.1, 0.15) is 22.5 Å². The third-order valence-electron chi connectivity index (χ3n) is 3.17. The van der Waals surface area contributed by atoms with E-state index in [0.29, 0.717) is 17.7 Å². The maximum Gasteiger partial charge on any atom is 0.257 e. The van der Waals surface area contributed by atoms with Crippen LogP contribution in [-0.2, 0) is 9.84 Å². The van der Waals surface area contributed by atoms with Gasteiger partial charge in [-0.3, -0.25) is 4.79 Å². The van der Waals surface area contributed by atoms with Crippen LogP contribution in [0.4, 0.5) is 0 Å². The molecule has 1 unspecified atom stereocenters. The number of carbonyl (C=O) groups is 1. The molecule has 1 aliphatic rings. The lowest BCUT2D eigenvalue weighted by Gasteiger charge is -2.22. The van der Waals surface area contributed by atoms with E-state index in [0.717, 1.165) is 0 Å². The number of sulfone groups is 1. The highest BCUT2D eigenvalue weighted by Gasteiger charge is 2.33. The Labute approximate surface area is 100 Å². The first-order valence-corrected chi connectivity index (χ1v) is 7.24. The molecule has 0 aliphatic carbocycles. The molecule has 1 fully saturated rings. The standard InChI is InChI=1S/C11H15NO4S/c1-8-10(3-5-16-8)11(13)12(2)9-4-6-17(14,15)7-9/h3,5,9H,4,6-7H2,1-2H3. The zero-order chi connectivity index (χ0) is 12.6. The molecule has 0 aromatic carbocycles. The van der Waals surface area contributed by atoms with Crippen molar-refractivity contribution in [3.63, 3.8) is 0 Å². The first-order valence-electron chi connectivity index (χ1n) is 5.42. The van der Waals surface area contributed by atoms with Crippen LogP contribution in [0.15, 0.2) is 16.7 Å². The van der Waals surface area contributed by atoms with Gasteiger partial charge in [-0.15, -0.1) is 0 Å². The molecule has 1 amide bonds. The van der Waals surface area contributed by atoms with Gasteiger partial charge in [0, 0.05) is 13.1 Å². The number of nitrogens with zero attached hydrogens (tertiary/aromatic N) is 1. The minimum Gasteiger partial charge on any atom is -0.469 e. The summed E-state index contributed by atoms with van der Waals surface area (Å²) < 4.78 is 27.8. The van der Waals surface area contributed by atoms with Crippen LogP contribution in [0.25, 0.3) is 0 Å². The zero-order valence-corrected chi connectivity index (χ0v) is 10.7. The second kappa shape index (κ2) is 4.18. The Morgan fingerprint density at radius 2 is 2.24 bits per heavy atom. The summed E-state index contributed by atoms with van der Waals surface area (Å²) in [5, 5.41) is 0. The second-order valence-corrected chi connectivity index (χ2v) is 6.59. The van der Waals surface area contributed by atoms with Crippen molar-refractivity contribution in [2.45, 2.75) is 19.4 Å². The van der Waals surface area contributed by atoms with E-state index in [1.54, 1.807) is 20.0 Å². The first kappa shape index (κ1) is 12.2. The molecule has 5 nitrogen and oxygen atoms in total. The zero-order valence-electron chi connectivity index (χ0n) is 9.84. The van der Waals surface area contributed by atoms with E-state index in [-0.39, 0.29) is 23.5 Å². The summed E-state index contributed by atoms with van der Waals surface area (Å²) >= 11 is 0. The maximum atomic E-state index is 12.1. The van der Waals surface area contributed by atoms with Crippen LogP contribution in [-0.4, -0.2) is 43.8 Å². The van der Waals surface area contributed by atoms with Gasteiger partial charge in [-0.05, 0) is 19.4 Å². The number of furan rings is 1. The summed E-state index contributed by atoms with van der Waals surface area (Å²) in [4.78, 5) is 13.6. The Kier molecular flexibility index (Phi) is 2.99. The predicted octanol–water partition coefficient (Wildman–Crippen LogP) is 0.847. The predicted molar refractivity (Wildman–Crippen MR) is 62.6 cm³/mol. The fourth-order valence-corrected chi connectivity index (χ4v) is 3.82. The van der Waals surface area contributed by atoms with Crippen LogP contribution in [0.3, 0.4) is 0 Å². The molecule has 1 aromatic heterocycles. The van der Waals surface area contributed by atoms with Crippen LogP contribution in [0.2, 0.25) is 0 Å². The van der Waals surface area contributed by atoms with E-state index in [9.17, 15) is 13.2 Å².